The van der Waals surface area contributed by atoms with Crippen LogP contribution in [0.2, 0.25) is 0 Å². The van der Waals surface area contributed by atoms with Crippen molar-refractivity contribution in [2.24, 2.45) is 5.92 Å². The molecule has 0 bridgehead atoms. The molecule has 0 aliphatic heterocycles. The van der Waals surface area contributed by atoms with Crippen LogP contribution in [0.4, 0.5) is 0 Å². The third-order valence-electron chi connectivity index (χ3n) is 3.93. The molecular formula is C17H20N4OS. The van der Waals surface area contributed by atoms with E-state index >= 15 is 0 Å². The first-order chi connectivity index (χ1) is 10.9. The summed E-state index contributed by atoms with van der Waals surface area (Å²) in [4.78, 5) is 20.9. The van der Waals surface area contributed by atoms with Gasteiger partial charge in [0.2, 0.25) is 5.91 Å². The van der Waals surface area contributed by atoms with E-state index in [0.717, 1.165) is 15.9 Å². The lowest BCUT2D eigenvalue weighted by Gasteiger charge is -2.28. The SMILES string of the molecule is CC(C)[C@](C)(C#N)NC(=O)[C@H](C)Sc1ncnc2ccccc12. The van der Waals surface area contributed by atoms with Gasteiger partial charge in [0.15, 0.2) is 0 Å². The number of benzene rings is 1. The minimum absolute atomic E-state index is 0.0218. The number of amides is 1. The summed E-state index contributed by atoms with van der Waals surface area (Å²) >= 11 is 1.37. The summed E-state index contributed by atoms with van der Waals surface area (Å²) < 4.78 is 0. The van der Waals surface area contributed by atoms with Gasteiger partial charge in [-0.25, -0.2) is 9.97 Å². The number of nitrogens with one attached hydrogen (secondary N) is 1. The van der Waals surface area contributed by atoms with Crippen LogP contribution in [0, 0.1) is 17.2 Å². The number of para-hydroxylation sites is 1. The smallest absolute Gasteiger partial charge is 0.234 e. The average molecular weight is 328 g/mol. The van der Waals surface area contributed by atoms with Gasteiger partial charge in [0, 0.05) is 5.39 Å². The summed E-state index contributed by atoms with van der Waals surface area (Å²) in [5.74, 6) is -0.149. The number of carbonyl (C=O) groups is 1. The van der Waals surface area contributed by atoms with Crippen molar-refractivity contribution in [3.05, 3.63) is 30.6 Å². The Morgan fingerprint density at radius 3 is 2.65 bits per heavy atom. The number of nitrogens with zero attached hydrogens (tertiary/aromatic N) is 3. The third kappa shape index (κ3) is 3.80. The van der Waals surface area contributed by atoms with E-state index in [-0.39, 0.29) is 17.1 Å². The number of nitriles is 1. The lowest BCUT2D eigenvalue weighted by Crippen LogP contribution is -2.51. The standard InChI is InChI=1S/C17H20N4OS/c1-11(2)17(4,9-18)21-15(22)12(3)23-16-13-7-5-6-8-14(13)19-10-20-16/h5-8,10-12H,1-4H3,(H,21,22)/t12-,17-/m0/s1. The molecule has 2 rings (SSSR count). The minimum Gasteiger partial charge on any atom is -0.337 e. The maximum absolute atomic E-state index is 12.4. The largest absolute Gasteiger partial charge is 0.337 e. The fourth-order valence-electron chi connectivity index (χ4n) is 1.95. The molecule has 0 saturated heterocycles. The van der Waals surface area contributed by atoms with Crippen molar-refractivity contribution in [2.75, 3.05) is 0 Å². The molecule has 6 heteroatoms. The first-order valence-corrected chi connectivity index (χ1v) is 8.35. The van der Waals surface area contributed by atoms with E-state index in [1.165, 1.54) is 18.1 Å². The van der Waals surface area contributed by atoms with E-state index in [4.69, 9.17) is 0 Å². The Kier molecular flexibility index (Phi) is 5.22. The van der Waals surface area contributed by atoms with Crippen LogP contribution in [0.25, 0.3) is 10.9 Å². The molecule has 0 aliphatic rings. The van der Waals surface area contributed by atoms with Gasteiger partial charge >= 0.3 is 0 Å². The zero-order chi connectivity index (χ0) is 17.0. The topological polar surface area (TPSA) is 78.7 Å². The number of thioether (sulfide) groups is 1. The van der Waals surface area contributed by atoms with Crippen molar-refractivity contribution in [3.8, 4) is 6.07 Å². The second-order valence-electron chi connectivity index (χ2n) is 5.91. The molecule has 23 heavy (non-hydrogen) atoms. The lowest BCUT2D eigenvalue weighted by molar-refractivity contribution is -0.121. The van der Waals surface area contributed by atoms with Crippen LogP contribution in [-0.2, 0) is 4.79 Å². The number of hydrogen-bond donors (Lipinski definition) is 1. The normalized spacial score (nSPS) is 15.0. The van der Waals surface area contributed by atoms with E-state index < -0.39 is 5.54 Å². The van der Waals surface area contributed by atoms with Gasteiger partial charge in [-0.2, -0.15) is 5.26 Å². The highest BCUT2D eigenvalue weighted by molar-refractivity contribution is 8.00. The van der Waals surface area contributed by atoms with Crippen LogP contribution in [0.1, 0.15) is 27.7 Å². The summed E-state index contributed by atoms with van der Waals surface area (Å²) in [6.07, 6.45) is 1.50. The summed E-state index contributed by atoms with van der Waals surface area (Å²) in [6.45, 7) is 7.39. The molecule has 2 aromatic rings. The molecule has 120 valence electrons. The Morgan fingerprint density at radius 2 is 2.00 bits per heavy atom. The average Bonchev–Trinajstić information content (AvgIpc) is 2.54. The fourth-order valence-corrected chi connectivity index (χ4v) is 2.86. The Morgan fingerprint density at radius 1 is 1.30 bits per heavy atom. The molecule has 2 atom stereocenters. The maximum atomic E-state index is 12.4. The van der Waals surface area contributed by atoms with Crippen molar-refractivity contribution in [1.29, 1.82) is 5.26 Å². The predicted molar refractivity (Wildman–Crippen MR) is 91.9 cm³/mol. The molecule has 1 aromatic heterocycles. The van der Waals surface area contributed by atoms with Gasteiger partial charge in [-0.3, -0.25) is 4.79 Å². The van der Waals surface area contributed by atoms with Gasteiger partial charge < -0.3 is 5.32 Å². The number of aromatic nitrogens is 2. The van der Waals surface area contributed by atoms with Gasteiger partial charge in [-0.1, -0.05) is 43.8 Å². The van der Waals surface area contributed by atoms with Gasteiger partial charge in [0.05, 0.1) is 16.8 Å². The van der Waals surface area contributed by atoms with Crippen molar-refractivity contribution in [3.63, 3.8) is 0 Å². The first kappa shape index (κ1) is 17.2. The molecule has 0 saturated carbocycles. The summed E-state index contributed by atoms with van der Waals surface area (Å²) in [5.41, 5.74) is -0.0266. The molecule has 1 heterocycles. The van der Waals surface area contributed by atoms with Gasteiger partial charge in [0.25, 0.3) is 0 Å². The van der Waals surface area contributed by atoms with Crippen LogP contribution in [0.5, 0.6) is 0 Å². The highest BCUT2D eigenvalue weighted by atomic mass is 32.2. The number of fused-ring (bicyclic) bond motifs is 1. The van der Waals surface area contributed by atoms with Gasteiger partial charge in [-0.05, 0) is 25.8 Å². The van der Waals surface area contributed by atoms with Crippen LogP contribution < -0.4 is 5.32 Å². The first-order valence-electron chi connectivity index (χ1n) is 7.47. The van der Waals surface area contributed by atoms with E-state index in [9.17, 15) is 10.1 Å². The quantitative estimate of drug-likeness (QED) is 0.674. The molecule has 0 spiro atoms. The molecule has 0 fully saturated rings. The van der Waals surface area contributed by atoms with E-state index in [0.29, 0.717) is 0 Å². The Bertz CT molecular complexity index is 750. The van der Waals surface area contributed by atoms with Crippen molar-refractivity contribution < 1.29 is 4.79 Å². The van der Waals surface area contributed by atoms with Crippen molar-refractivity contribution in [1.82, 2.24) is 15.3 Å². The highest BCUT2D eigenvalue weighted by Crippen LogP contribution is 2.28. The van der Waals surface area contributed by atoms with Gasteiger partial charge in [0.1, 0.15) is 16.9 Å². The summed E-state index contributed by atoms with van der Waals surface area (Å²) in [7, 11) is 0. The zero-order valence-electron chi connectivity index (χ0n) is 13.7. The Labute approximate surface area is 140 Å². The van der Waals surface area contributed by atoms with E-state index in [1.807, 2.05) is 45.0 Å². The molecule has 0 unspecified atom stereocenters. The van der Waals surface area contributed by atoms with Crippen LogP contribution in [-0.4, -0.2) is 26.7 Å². The molecule has 0 aliphatic carbocycles. The van der Waals surface area contributed by atoms with Crippen LogP contribution in [0.3, 0.4) is 0 Å². The number of hydrogen-bond acceptors (Lipinski definition) is 5. The molecule has 1 N–H and O–H groups in total. The minimum atomic E-state index is -0.875. The second kappa shape index (κ2) is 6.97. The highest BCUT2D eigenvalue weighted by Gasteiger charge is 2.32. The predicted octanol–water partition coefficient (Wildman–Crippen LogP) is 3.16. The summed E-state index contributed by atoms with van der Waals surface area (Å²) in [6, 6.07) is 9.88. The van der Waals surface area contributed by atoms with Crippen molar-refractivity contribution >= 4 is 28.6 Å². The van der Waals surface area contributed by atoms with Crippen molar-refractivity contribution in [2.45, 2.75) is 43.5 Å². The monoisotopic (exact) mass is 328 g/mol. The lowest BCUT2D eigenvalue weighted by atomic mass is 9.90. The third-order valence-corrected chi connectivity index (χ3v) is 5.05. The van der Waals surface area contributed by atoms with Crippen LogP contribution in [0.15, 0.2) is 35.6 Å². The molecule has 5 nitrogen and oxygen atoms in total. The molecular weight excluding hydrogens is 308 g/mol. The second-order valence-corrected chi connectivity index (χ2v) is 7.24. The van der Waals surface area contributed by atoms with Crippen LogP contribution >= 0.6 is 11.8 Å². The van der Waals surface area contributed by atoms with Gasteiger partial charge in [-0.15, -0.1) is 0 Å². The zero-order valence-corrected chi connectivity index (χ0v) is 14.5. The summed E-state index contributed by atoms with van der Waals surface area (Å²) in [5, 5.41) is 13.5. The number of carbonyl (C=O) groups excluding carboxylic acids is 1. The fraction of sp³-hybridized carbons (Fsp3) is 0.412. The molecule has 0 radical (unpaired) electrons. The maximum Gasteiger partial charge on any atom is 0.234 e. The molecule has 1 aromatic carbocycles. The Balaban J connectivity index is 2.16. The molecule has 1 amide bonds. The Hall–Kier alpha value is -2.13. The number of rotatable bonds is 5. The van der Waals surface area contributed by atoms with E-state index in [1.54, 1.807) is 6.92 Å². The van der Waals surface area contributed by atoms with E-state index in [2.05, 4.69) is 21.4 Å².